The maximum Gasteiger partial charge on any atom is 0.274 e. The Morgan fingerprint density at radius 3 is 2.74 bits per heavy atom. The number of aromatic nitrogens is 3. The molecule has 0 aliphatic heterocycles. The molecule has 7 heteroatoms. The summed E-state index contributed by atoms with van der Waals surface area (Å²) >= 11 is 1.66. The van der Waals surface area contributed by atoms with Crippen LogP contribution in [0.25, 0.3) is 17.0 Å². The molecule has 4 aromatic rings. The molecule has 1 aliphatic rings. The first-order valence-electron chi connectivity index (χ1n) is 8.65. The van der Waals surface area contributed by atoms with Crippen molar-refractivity contribution in [2.45, 2.75) is 18.3 Å². The predicted molar refractivity (Wildman–Crippen MR) is 102 cm³/mol. The SMILES string of the molecule is O=C(NO)c1ccc(C2(c3nc(-c4cnc5ccccn45)cs3)CC2)cc1. The van der Waals surface area contributed by atoms with Crippen molar-refractivity contribution in [3.63, 3.8) is 0 Å². The van der Waals surface area contributed by atoms with E-state index in [1.165, 1.54) is 0 Å². The molecular weight excluding hydrogens is 360 g/mol. The van der Waals surface area contributed by atoms with Crippen molar-refractivity contribution >= 4 is 22.9 Å². The Balaban J connectivity index is 1.50. The number of nitrogens with one attached hydrogen (secondary N) is 1. The van der Waals surface area contributed by atoms with Crippen LogP contribution < -0.4 is 5.48 Å². The van der Waals surface area contributed by atoms with Crippen LogP contribution in [0.5, 0.6) is 0 Å². The zero-order valence-corrected chi connectivity index (χ0v) is 15.1. The summed E-state index contributed by atoms with van der Waals surface area (Å²) in [6.07, 6.45) is 5.93. The van der Waals surface area contributed by atoms with E-state index in [2.05, 4.69) is 10.4 Å². The quantitative estimate of drug-likeness (QED) is 0.421. The summed E-state index contributed by atoms with van der Waals surface area (Å²) in [5.74, 6) is -0.504. The fourth-order valence-corrected chi connectivity index (χ4v) is 4.58. The van der Waals surface area contributed by atoms with Gasteiger partial charge in [0.2, 0.25) is 0 Å². The topological polar surface area (TPSA) is 79.5 Å². The molecule has 3 aromatic heterocycles. The zero-order chi connectivity index (χ0) is 18.4. The molecule has 27 heavy (non-hydrogen) atoms. The fourth-order valence-electron chi connectivity index (χ4n) is 3.49. The first-order valence-corrected chi connectivity index (χ1v) is 9.53. The molecule has 2 N–H and O–H groups in total. The summed E-state index contributed by atoms with van der Waals surface area (Å²) in [4.78, 5) is 20.9. The summed E-state index contributed by atoms with van der Waals surface area (Å²) in [5.41, 5.74) is 5.99. The predicted octanol–water partition coefficient (Wildman–Crippen LogP) is 3.66. The largest absolute Gasteiger partial charge is 0.298 e. The molecule has 1 fully saturated rings. The highest BCUT2D eigenvalue weighted by molar-refractivity contribution is 7.10. The number of benzene rings is 1. The first kappa shape index (κ1) is 16.2. The van der Waals surface area contributed by atoms with Crippen molar-refractivity contribution in [1.29, 1.82) is 0 Å². The maximum absolute atomic E-state index is 11.5. The molecule has 6 nitrogen and oxygen atoms in total. The Bertz CT molecular complexity index is 1140. The molecule has 5 rings (SSSR count). The van der Waals surface area contributed by atoms with Gasteiger partial charge in [-0.1, -0.05) is 18.2 Å². The Morgan fingerprint density at radius 1 is 1.19 bits per heavy atom. The molecule has 1 saturated carbocycles. The van der Waals surface area contributed by atoms with E-state index >= 15 is 0 Å². The van der Waals surface area contributed by atoms with E-state index in [4.69, 9.17) is 10.2 Å². The summed E-state index contributed by atoms with van der Waals surface area (Å²) in [7, 11) is 0. The highest BCUT2D eigenvalue weighted by Gasteiger charge is 2.48. The minimum Gasteiger partial charge on any atom is -0.298 e. The van der Waals surface area contributed by atoms with Crippen molar-refractivity contribution < 1.29 is 10.0 Å². The smallest absolute Gasteiger partial charge is 0.274 e. The molecular formula is C20H16N4O2S. The van der Waals surface area contributed by atoms with Crippen LogP contribution in [-0.4, -0.2) is 25.5 Å². The lowest BCUT2D eigenvalue weighted by Gasteiger charge is -2.13. The number of fused-ring (bicyclic) bond motifs is 1. The first-order chi connectivity index (χ1) is 13.2. The van der Waals surface area contributed by atoms with Crippen LogP contribution in [0.1, 0.15) is 33.8 Å². The van der Waals surface area contributed by atoms with E-state index in [1.807, 2.05) is 47.1 Å². The number of hydroxylamine groups is 1. The molecule has 134 valence electrons. The molecule has 1 amide bonds. The second-order valence-electron chi connectivity index (χ2n) is 6.71. The van der Waals surface area contributed by atoms with Gasteiger partial charge in [-0.05, 0) is 42.7 Å². The van der Waals surface area contributed by atoms with E-state index in [0.29, 0.717) is 5.56 Å². The molecule has 0 spiro atoms. The molecule has 0 atom stereocenters. The van der Waals surface area contributed by atoms with Crippen molar-refractivity contribution in [1.82, 2.24) is 19.8 Å². The second-order valence-corrected chi connectivity index (χ2v) is 7.57. The van der Waals surface area contributed by atoms with Gasteiger partial charge in [0.1, 0.15) is 10.7 Å². The van der Waals surface area contributed by atoms with Crippen molar-refractivity contribution in [2.75, 3.05) is 0 Å². The van der Waals surface area contributed by atoms with Crippen LogP contribution in [0.2, 0.25) is 0 Å². The van der Waals surface area contributed by atoms with Crippen LogP contribution in [0.4, 0.5) is 0 Å². The molecule has 0 radical (unpaired) electrons. The second kappa shape index (κ2) is 6.00. The third-order valence-electron chi connectivity index (χ3n) is 5.14. The van der Waals surface area contributed by atoms with Gasteiger partial charge >= 0.3 is 0 Å². The number of hydrogen-bond acceptors (Lipinski definition) is 5. The Hall–Kier alpha value is -3.03. The number of carbonyl (C=O) groups is 1. The van der Waals surface area contributed by atoms with Gasteiger partial charge in [0.15, 0.2) is 0 Å². The third kappa shape index (κ3) is 2.55. The standard InChI is InChI=1S/C20H16N4O2S/c25-18(23-26)13-4-6-14(7-5-13)20(8-9-20)19-22-15(12-27-19)16-11-21-17-3-1-2-10-24(16)17/h1-7,10-12,26H,8-9H2,(H,23,25). The molecule has 0 bridgehead atoms. The van der Waals surface area contributed by atoms with Crippen LogP contribution in [-0.2, 0) is 5.41 Å². The summed E-state index contributed by atoms with van der Waals surface area (Å²) in [6.45, 7) is 0. The Labute approximate surface area is 159 Å². The van der Waals surface area contributed by atoms with Gasteiger partial charge in [0.05, 0.1) is 17.6 Å². The normalized spacial score (nSPS) is 15.0. The summed E-state index contributed by atoms with van der Waals surface area (Å²) in [6, 6.07) is 13.3. The highest BCUT2D eigenvalue weighted by atomic mass is 32.1. The summed E-state index contributed by atoms with van der Waals surface area (Å²) < 4.78 is 2.04. The number of rotatable bonds is 4. The molecule has 0 unspecified atom stereocenters. The lowest BCUT2D eigenvalue weighted by atomic mass is 9.95. The lowest BCUT2D eigenvalue weighted by molar-refractivity contribution is 0.0706. The van der Waals surface area contributed by atoms with E-state index < -0.39 is 5.91 Å². The third-order valence-corrected chi connectivity index (χ3v) is 6.19. The summed E-state index contributed by atoms with van der Waals surface area (Å²) in [5, 5.41) is 11.9. The van der Waals surface area contributed by atoms with Crippen molar-refractivity contribution in [3.05, 3.63) is 76.4 Å². The van der Waals surface area contributed by atoms with Crippen LogP contribution >= 0.6 is 11.3 Å². The average molecular weight is 376 g/mol. The minimum absolute atomic E-state index is 0.0718. The number of thiazole rings is 1. The van der Waals surface area contributed by atoms with Gasteiger partial charge in [-0.3, -0.25) is 14.4 Å². The fraction of sp³-hybridized carbons (Fsp3) is 0.150. The van der Waals surface area contributed by atoms with Gasteiger partial charge < -0.3 is 0 Å². The van der Waals surface area contributed by atoms with Crippen molar-refractivity contribution in [3.8, 4) is 11.4 Å². The molecule has 3 heterocycles. The van der Waals surface area contributed by atoms with Crippen molar-refractivity contribution in [2.24, 2.45) is 0 Å². The monoisotopic (exact) mass is 376 g/mol. The number of carbonyl (C=O) groups excluding carboxylic acids is 1. The van der Waals surface area contributed by atoms with Gasteiger partial charge in [0, 0.05) is 22.6 Å². The van der Waals surface area contributed by atoms with Crippen LogP contribution in [0.3, 0.4) is 0 Å². The van der Waals surface area contributed by atoms with Gasteiger partial charge in [-0.2, -0.15) is 0 Å². The average Bonchev–Trinajstić information content (AvgIpc) is 3.18. The number of nitrogens with zero attached hydrogens (tertiary/aromatic N) is 3. The number of imidazole rings is 1. The molecule has 1 aliphatic carbocycles. The Kier molecular flexibility index (Phi) is 3.60. The molecule has 0 saturated heterocycles. The maximum atomic E-state index is 11.5. The molecule has 1 aromatic carbocycles. The number of pyridine rings is 1. The lowest BCUT2D eigenvalue weighted by Crippen LogP contribution is -2.18. The van der Waals surface area contributed by atoms with Crippen LogP contribution in [0, 0.1) is 0 Å². The minimum atomic E-state index is -0.504. The van der Waals surface area contributed by atoms with E-state index in [-0.39, 0.29) is 5.41 Å². The van der Waals surface area contributed by atoms with E-state index in [0.717, 1.165) is 40.4 Å². The van der Waals surface area contributed by atoms with Crippen LogP contribution in [0.15, 0.2) is 60.2 Å². The van der Waals surface area contributed by atoms with Gasteiger partial charge in [-0.25, -0.2) is 15.4 Å². The van der Waals surface area contributed by atoms with Gasteiger partial charge in [0.25, 0.3) is 5.91 Å². The Morgan fingerprint density at radius 2 is 2.00 bits per heavy atom. The number of hydrogen-bond donors (Lipinski definition) is 2. The number of amides is 1. The van der Waals surface area contributed by atoms with E-state index in [9.17, 15) is 4.79 Å². The highest BCUT2D eigenvalue weighted by Crippen LogP contribution is 2.54. The van der Waals surface area contributed by atoms with Gasteiger partial charge in [-0.15, -0.1) is 11.3 Å². The zero-order valence-electron chi connectivity index (χ0n) is 14.3. The van der Waals surface area contributed by atoms with E-state index in [1.54, 1.807) is 28.9 Å².